The van der Waals surface area contributed by atoms with Gasteiger partial charge in [-0.3, -0.25) is 0 Å². The van der Waals surface area contributed by atoms with Crippen LogP contribution in [-0.4, -0.2) is 63.8 Å². The number of aliphatic hydroxyl groups is 1. The summed E-state index contributed by atoms with van der Waals surface area (Å²) in [5.74, 6) is -0.879. The molecule has 0 radical (unpaired) electrons. The molecule has 0 bridgehead atoms. The summed E-state index contributed by atoms with van der Waals surface area (Å²) >= 11 is 0. The molecule has 18 heavy (non-hydrogen) atoms. The molecule has 2 atom stereocenters. The van der Waals surface area contributed by atoms with Gasteiger partial charge < -0.3 is 20.0 Å². The van der Waals surface area contributed by atoms with Crippen LogP contribution < -0.4 is 0 Å². The minimum Gasteiger partial charge on any atom is -0.480 e. The van der Waals surface area contributed by atoms with Crippen LogP contribution in [0.1, 0.15) is 27.2 Å². The number of carbonyl (C=O) groups excluding carboxylic acids is 1. The zero-order chi connectivity index (χ0) is 14.1. The van der Waals surface area contributed by atoms with Crippen LogP contribution in [-0.2, 0) is 4.79 Å². The number of hydrogen-bond acceptors (Lipinski definition) is 3. The maximum Gasteiger partial charge on any atom is 0.329 e. The molecule has 1 aliphatic rings. The summed E-state index contributed by atoms with van der Waals surface area (Å²) in [6.45, 7) is 5.72. The monoisotopic (exact) mass is 258 g/mol. The van der Waals surface area contributed by atoms with Gasteiger partial charge in [-0.15, -0.1) is 0 Å². The Hall–Kier alpha value is -1.30. The van der Waals surface area contributed by atoms with Crippen LogP contribution in [0, 0.1) is 5.92 Å². The van der Waals surface area contributed by atoms with Crippen molar-refractivity contribution in [1.29, 1.82) is 0 Å². The van der Waals surface area contributed by atoms with Gasteiger partial charge in [-0.2, -0.15) is 0 Å². The van der Waals surface area contributed by atoms with Crippen LogP contribution in [0.3, 0.4) is 0 Å². The van der Waals surface area contributed by atoms with Gasteiger partial charge in [0.1, 0.15) is 5.54 Å². The van der Waals surface area contributed by atoms with E-state index in [9.17, 15) is 14.7 Å². The Morgan fingerprint density at radius 2 is 1.94 bits per heavy atom. The van der Waals surface area contributed by atoms with Gasteiger partial charge in [0.2, 0.25) is 0 Å². The number of urea groups is 1. The summed E-state index contributed by atoms with van der Waals surface area (Å²) in [6, 6.07) is -0.353. The van der Waals surface area contributed by atoms with Gasteiger partial charge in [0.15, 0.2) is 0 Å². The molecular weight excluding hydrogens is 236 g/mol. The molecule has 1 aliphatic heterocycles. The number of hydrogen-bond donors (Lipinski definition) is 2. The van der Waals surface area contributed by atoms with Gasteiger partial charge in [-0.25, -0.2) is 9.59 Å². The highest BCUT2D eigenvalue weighted by atomic mass is 16.4. The fourth-order valence-corrected chi connectivity index (χ4v) is 1.82. The molecule has 104 valence electrons. The molecule has 0 aromatic rings. The fourth-order valence-electron chi connectivity index (χ4n) is 1.82. The Morgan fingerprint density at radius 1 is 1.39 bits per heavy atom. The SMILES string of the molecule is CC1CCN(C(=O)N(C)C(C)(C)C(=O)O)CC1O. The highest BCUT2D eigenvalue weighted by molar-refractivity contribution is 5.85. The second kappa shape index (κ2) is 5.14. The van der Waals surface area contributed by atoms with E-state index in [0.717, 1.165) is 6.42 Å². The van der Waals surface area contributed by atoms with Crippen molar-refractivity contribution in [3.8, 4) is 0 Å². The molecule has 0 aromatic carbocycles. The number of β-amino-alcohol motifs (C(OH)–C–C–N with tert-alkyl or cyclic N) is 1. The first-order chi connectivity index (χ1) is 8.17. The molecule has 2 unspecified atom stereocenters. The van der Waals surface area contributed by atoms with Crippen molar-refractivity contribution >= 4 is 12.0 Å². The molecule has 6 nitrogen and oxygen atoms in total. The first-order valence-corrected chi connectivity index (χ1v) is 6.12. The number of amides is 2. The number of rotatable bonds is 2. The van der Waals surface area contributed by atoms with Crippen LogP contribution in [0.5, 0.6) is 0 Å². The summed E-state index contributed by atoms with van der Waals surface area (Å²) in [4.78, 5) is 26.0. The lowest BCUT2D eigenvalue weighted by Gasteiger charge is -2.40. The molecule has 0 saturated carbocycles. The first kappa shape index (κ1) is 14.8. The van der Waals surface area contributed by atoms with Crippen LogP contribution in [0.25, 0.3) is 0 Å². The molecule has 0 aliphatic carbocycles. The lowest BCUT2D eigenvalue weighted by molar-refractivity contribution is -0.147. The number of piperidine rings is 1. The molecule has 2 N–H and O–H groups in total. The molecular formula is C12H22N2O4. The van der Waals surface area contributed by atoms with Crippen molar-refractivity contribution in [2.24, 2.45) is 5.92 Å². The summed E-state index contributed by atoms with van der Waals surface area (Å²) in [5, 5.41) is 18.9. The minimum atomic E-state index is -1.26. The molecule has 1 fully saturated rings. The average Bonchev–Trinajstić information content (AvgIpc) is 2.30. The van der Waals surface area contributed by atoms with E-state index >= 15 is 0 Å². The summed E-state index contributed by atoms with van der Waals surface area (Å²) < 4.78 is 0. The van der Waals surface area contributed by atoms with E-state index < -0.39 is 17.6 Å². The number of carboxylic acids is 1. The number of likely N-dealkylation sites (tertiary alicyclic amines) is 1. The van der Waals surface area contributed by atoms with Crippen molar-refractivity contribution in [1.82, 2.24) is 9.80 Å². The molecule has 1 rings (SSSR count). The Kier molecular flexibility index (Phi) is 4.21. The molecule has 0 spiro atoms. The zero-order valence-electron chi connectivity index (χ0n) is 11.4. The number of carbonyl (C=O) groups is 2. The van der Waals surface area contributed by atoms with Crippen molar-refractivity contribution in [3.05, 3.63) is 0 Å². The van der Waals surface area contributed by atoms with Gasteiger partial charge >= 0.3 is 12.0 Å². The van der Waals surface area contributed by atoms with E-state index in [0.29, 0.717) is 6.54 Å². The lowest BCUT2D eigenvalue weighted by Crippen LogP contribution is -2.57. The van der Waals surface area contributed by atoms with Gasteiger partial charge in [0.05, 0.1) is 6.10 Å². The Morgan fingerprint density at radius 3 is 2.39 bits per heavy atom. The largest absolute Gasteiger partial charge is 0.480 e. The highest BCUT2D eigenvalue weighted by Gasteiger charge is 2.38. The number of aliphatic hydroxyl groups excluding tert-OH is 1. The van der Waals surface area contributed by atoms with Crippen molar-refractivity contribution < 1.29 is 19.8 Å². The minimum absolute atomic E-state index is 0.173. The van der Waals surface area contributed by atoms with Crippen molar-refractivity contribution in [3.63, 3.8) is 0 Å². The van der Waals surface area contributed by atoms with Crippen molar-refractivity contribution in [2.75, 3.05) is 20.1 Å². The Labute approximate surface area is 107 Å². The quantitative estimate of drug-likeness (QED) is 0.760. The average molecular weight is 258 g/mol. The van der Waals surface area contributed by atoms with Crippen LogP contribution >= 0.6 is 0 Å². The van der Waals surface area contributed by atoms with Gasteiger partial charge in [0.25, 0.3) is 0 Å². The number of likely N-dealkylation sites (N-methyl/N-ethyl adjacent to an activating group) is 1. The predicted molar refractivity (Wildman–Crippen MR) is 66.2 cm³/mol. The van der Waals surface area contributed by atoms with E-state index in [1.54, 1.807) is 0 Å². The van der Waals surface area contributed by atoms with Crippen LogP contribution in [0.2, 0.25) is 0 Å². The predicted octanol–water partition coefficient (Wildman–Crippen LogP) is 0.604. The normalized spacial score (nSPS) is 24.8. The summed E-state index contributed by atoms with van der Waals surface area (Å²) in [7, 11) is 1.47. The van der Waals surface area contributed by atoms with Gasteiger partial charge in [0, 0.05) is 20.1 Å². The number of nitrogens with zero attached hydrogens (tertiary/aromatic N) is 2. The smallest absolute Gasteiger partial charge is 0.329 e. The summed E-state index contributed by atoms with van der Waals surface area (Å²) in [6.07, 6.45) is 0.192. The molecule has 0 aromatic heterocycles. The second-order valence-electron chi connectivity index (χ2n) is 5.49. The standard InChI is InChI=1S/C12H22N2O4/c1-8-5-6-14(7-9(8)15)11(18)13(4)12(2,3)10(16)17/h8-9,15H,5-7H2,1-4H3,(H,16,17). The third-order valence-electron chi connectivity index (χ3n) is 3.84. The molecule has 2 amide bonds. The first-order valence-electron chi connectivity index (χ1n) is 6.12. The molecule has 1 saturated heterocycles. The fraction of sp³-hybridized carbons (Fsp3) is 0.833. The van der Waals surface area contributed by atoms with E-state index in [1.165, 1.54) is 30.7 Å². The van der Waals surface area contributed by atoms with E-state index in [-0.39, 0.29) is 18.5 Å². The molecule has 1 heterocycles. The van der Waals surface area contributed by atoms with Crippen molar-refractivity contribution in [2.45, 2.75) is 38.8 Å². The third kappa shape index (κ3) is 2.75. The lowest BCUT2D eigenvalue weighted by atomic mass is 9.96. The zero-order valence-corrected chi connectivity index (χ0v) is 11.4. The Bertz CT molecular complexity index is 343. The topological polar surface area (TPSA) is 81.1 Å². The maximum absolute atomic E-state index is 12.2. The van der Waals surface area contributed by atoms with E-state index in [2.05, 4.69) is 0 Å². The van der Waals surface area contributed by atoms with Gasteiger partial charge in [-0.05, 0) is 26.2 Å². The van der Waals surface area contributed by atoms with E-state index in [4.69, 9.17) is 5.11 Å². The van der Waals surface area contributed by atoms with Gasteiger partial charge in [-0.1, -0.05) is 6.92 Å². The number of aliphatic carboxylic acids is 1. The maximum atomic E-state index is 12.2. The third-order valence-corrected chi connectivity index (χ3v) is 3.84. The van der Waals surface area contributed by atoms with E-state index in [1.807, 2.05) is 6.92 Å². The molecule has 6 heteroatoms. The highest BCUT2D eigenvalue weighted by Crippen LogP contribution is 2.21. The second-order valence-corrected chi connectivity index (χ2v) is 5.49. The Balaban J connectivity index is 2.73. The van der Waals surface area contributed by atoms with Crippen LogP contribution in [0.15, 0.2) is 0 Å². The summed E-state index contributed by atoms with van der Waals surface area (Å²) in [5.41, 5.74) is -1.26. The van der Waals surface area contributed by atoms with Crippen LogP contribution in [0.4, 0.5) is 4.79 Å². The number of carboxylic acid groups (broad SMARTS) is 1.